The Bertz CT molecular complexity index is 982. The molecule has 1 amide bonds. The fourth-order valence-electron chi connectivity index (χ4n) is 5.55. The Morgan fingerprint density at radius 3 is 2.21 bits per heavy atom. The first kappa shape index (κ1) is 22.9. The number of fused-ring (bicyclic) bond motifs is 2. The van der Waals surface area contributed by atoms with Gasteiger partial charge in [-0.25, -0.2) is 0 Å². The van der Waals surface area contributed by atoms with E-state index in [1.165, 1.54) is 19.3 Å². The number of rotatable bonds is 6. The molecule has 1 saturated heterocycles. The molecule has 5 rings (SSSR count). The maximum Gasteiger partial charge on any atom is 0.318 e. The standard InChI is InChI=1S/C27H32N2O5/c30-24(28-19-27(12-6-1-7-13-27)29-14-16-32-17-15-29)18-33-26(31)25-20-8-2-4-10-22(20)34-23-11-5-3-9-21(23)25/h2-5,8-11,25H,1,6-7,12-19H2,(H,28,30). The summed E-state index contributed by atoms with van der Waals surface area (Å²) >= 11 is 0. The summed E-state index contributed by atoms with van der Waals surface area (Å²) in [4.78, 5) is 28.4. The Balaban J connectivity index is 1.22. The van der Waals surface area contributed by atoms with E-state index in [2.05, 4.69) is 10.2 Å². The summed E-state index contributed by atoms with van der Waals surface area (Å²) in [5, 5.41) is 3.06. The molecule has 0 aromatic heterocycles. The summed E-state index contributed by atoms with van der Waals surface area (Å²) in [6.07, 6.45) is 5.73. The van der Waals surface area contributed by atoms with Crippen LogP contribution in [0.15, 0.2) is 48.5 Å². The number of nitrogens with zero attached hydrogens (tertiary/aromatic N) is 1. The van der Waals surface area contributed by atoms with E-state index in [-0.39, 0.29) is 18.1 Å². The van der Waals surface area contributed by atoms with Crippen molar-refractivity contribution in [1.29, 1.82) is 0 Å². The highest BCUT2D eigenvalue weighted by atomic mass is 16.5. The summed E-state index contributed by atoms with van der Waals surface area (Å²) < 4.78 is 17.0. The van der Waals surface area contributed by atoms with Gasteiger partial charge in [-0.3, -0.25) is 14.5 Å². The molecule has 2 aliphatic heterocycles. The number of carbonyl (C=O) groups is 2. The van der Waals surface area contributed by atoms with Gasteiger partial charge < -0.3 is 19.5 Å². The SMILES string of the molecule is O=C(COC(=O)C1c2ccccc2Oc2ccccc21)NCC1(N2CCOCC2)CCCCC1. The Morgan fingerprint density at radius 1 is 0.941 bits per heavy atom. The summed E-state index contributed by atoms with van der Waals surface area (Å²) in [6, 6.07) is 14.9. The number of nitrogens with one attached hydrogen (secondary N) is 1. The molecule has 0 atom stereocenters. The second kappa shape index (κ2) is 10.2. The van der Waals surface area contributed by atoms with Crippen LogP contribution in [0.4, 0.5) is 0 Å². The molecule has 2 aromatic carbocycles. The number of morpholine rings is 1. The van der Waals surface area contributed by atoms with E-state index < -0.39 is 11.9 Å². The minimum atomic E-state index is -0.619. The third kappa shape index (κ3) is 4.68. The van der Waals surface area contributed by atoms with E-state index >= 15 is 0 Å². The number of para-hydroxylation sites is 2. The van der Waals surface area contributed by atoms with Crippen LogP contribution in [0, 0.1) is 0 Å². The van der Waals surface area contributed by atoms with Crippen molar-refractivity contribution in [2.75, 3.05) is 39.5 Å². The molecule has 0 spiro atoms. The van der Waals surface area contributed by atoms with Crippen LogP contribution in [0.3, 0.4) is 0 Å². The van der Waals surface area contributed by atoms with Crippen LogP contribution < -0.4 is 10.1 Å². The molecule has 0 unspecified atom stereocenters. The van der Waals surface area contributed by atoms with E-state index in [0.29, 0.717) is 18.0 Å². The number of hydrogen-bond donors (Lipinski definition) is 1. The second-order valence-corrected chi connectivity index (χ2v) is 9.38. The van der Waals surface area contributed by atoms with Gasteiger partial charge in [0.2, 0.25) is 0 Å². The predicted octanol–water partition coefficient (Wildman–Crippen LogP) is 3.62. The number of hydrogen-bond acceptors (Lipinski definition) is 6. The first-order chi connectivity index (χ1) is 16.7. The van der Waals surface area contributed by atoms with Crippen molar-refractivity contribution in [3.63, 3.8) is 0 Å². The van der Waals surface area contributed by atoms with Crippen molar-refractivity contribution >= 4 is 11.9 Å². The third-order valence-electron chi connectivity index (χ3n) is 7.34. The molecule has 1 N–H and O–H groups in total. The number of carbonyl (C=O) groups excluding carboxylic acids is 2. The fourth-order valence-corrected chi connectivity index (χ4v) is 5.55. The maximum absolute atomic E-state index is 13.2. The third-order valence-corrected chi connectivity index (χ3v) is 7.34. The van der Waals surface area contributed by atoms with Crippen LogP contribution in [0.2, 0.25) is 0 Å². The van der Waals surface area contributed by atoms with Crippen molar-refractivity contribution in [3.05, 3.63) is 59.7 Å². The second-order valence-electron chi connectivity index (χ2n) is 9.38. The zero-order chi connectivity index (χ0) is 23.4. The first-order valence-corrected chi connectivity index (χ1v) is 12.3. The summed E-state index contributed by atoms with van der Waals surface area (Å²) in [5.74, 6) is -0.0548. The Morgan fingerprint density at radius 2 is 1.56 bits per heavy atom. The molecule has 0 radical (unpaired) electrons. The van der Waals surface area contributed by atoms with Crippen molar-refractivity contribution in [1.82, 2.24) is 10.2 Å². The average Bonchev–Trinajstić information content (AvgIpc) is 2.90. The van der Waals surface area contributed by atoms with E-state index in [1.807, 2.05) is 48.5 Å². The highest BCUT2D eigenvalue weighted by Crippen LogP contribution is 2.44. The molecule has 0 bridgehead atoms. The predicted molar refractivity (Wildman–Crippen MR) is 127 cm³/mol. The molecular weight excluding hydrogens is 432 g/mol. The van der Waals surface area contributed by atoms with E-state index in [4.69, 9.17) is 14.2 Å². The Hall–Kier alpha value is -2.90. The average molecular weight is 465 g/mol. The van der Waals surface area contributed by atoms with Crippen LogP contribution in [0.5, 0.6) is 11.5 Å². The number of benzene rings is 2. The molecule has 3 aliphatic rings. The van der Waals surface area contributed by atoms with Gasteiger partial charge in [0, 0.05) is 36.3 Å². The van der Waals surface area contributed by atoms with Gasteiger partial charge in [-0.15, -0.1) is 0 Å². The lowest BCUT2D eigenvalue weighted by atomic mass is 9.79. The molecule has 34 heavy (non-hydrogen) atoms. The first-order valence-electron chi connectivity index (χ1n) is 12.3. The molecule has 2 heterocycles. The zero-order valence-electron chi connectivity index (χ0n) is 19.5. The van der Waals surface area contributed by atoms with Crippen molar-refractivity contribution in [2.45, 2.75) is 43.6 Å². The lowest BCUT2D eigenvalue weighted by Crippen LogP contribution is -2.59. The van der Waals surface area contributed by atoms with Crippen molar-refractivity contribution < 1.29 is 23.8 Å². The topological polar surface area (TPSA) is 77.1 Å². The summed E-state index contributed by atoms with van der Waals surface area (Å²) in [6.45, 7) is 3.55. The van der Waals surface area contributed by atoms with Gasteiger partial charge in [-0.2, -0.15) is 0 Å². The number of esters is 1. The lowest BCUT2D eigenvalue weighted by Gasteiger charge is -2.48. The molecule has 7 nitrogen and oxygen atoms in total. The van der Waals surface area contributed by atoms with Crippen LogP contribution in [-0.2, 0) is 19.1 Å². The summed E-state index contributed by atoms with van der Waals surface area (Å²) in [7, 11) is 0. The minimum Gasteiger partial charge on any atom is -0.457 e. The van der Waals surface area contributed by atoms with Gasteiger partial charge in [0.1, 0.15) is 17.4 Å². The monoisotopic (exact) mass is 464 g/mol. The van der Waals surface area contributed by atoms with Gasteiger partial charge in [0.25, 0.3) is 5.91 Å². The molecule has 7 heteroatoms. The van der Waals surface area contributed by atoms with E-state index in [9.17, 15) is 9.59 Å². The highest BCUT2D eigenvalue weighted by molar-refractivity contribution is 5.87. The van der Waals surface area contributed by atoms with Crippen LogP contribution in [0.1, 0.15) is 49.1 Å². The molecule has 2 fully saturated rings. The van der Waals surface area contributed by atoms with Gasteiger partial charge >= 0.3 is 5.97 Å². The fraction of sp³-hybridized carbons (Fsp3) is 0.481. The zero-order valence-corrected chi connectivity index (χ0v) is 19.5. The number of amides is 1. The van der Waals surface area contributed by atoms with E-state index in [1.54, 1.807) is 0 Å². The Labute approximate surface area is 200 Å². The summed E-state index contributed by atoms with van der Waals surface area (Å²) in [5.41, 5.74) is 1.47. The van der Waals surface area contributed by atoms with Gasteiger partial charge in [0.15, 0.2) is 6.61 Å². The Kier molecular flexibility index (Phi) is 6.83. The highest BCUT2D eigenvalue weighted by Gasteiger charge is 2.39. The van der Waals surface area contributed by atoms with Crippen molar-refractivity contribution in [2.24, 2.45) is 0 Å². The van der Waals surface area contributed by atoms with Crippen molar-refractivity contribution in [3.8, 4) is 11.5 Å². The normalized spacial score (nSPS) is 19.9. The molecular formula is C27H32N2O5. The van der Waals surface area contributed by atoms with Crippen LogP contribution in [0.25, 0.3) is 0 Å². The van der Waals surface area contributed by atoms with Crippen LogP contribution >= 0.6 is 0 Å². The maximum atomic E-state index is 13.2. The van der Waals surface area contributed by atoms with Gasteiger partial charge in [-0.1, -0.05) is 55.7 Å². The van der Waals surface area contributed by atoms with Crippen LogP contribution in [-0.4, -0.2) is 61.8 Å². The molecule has 180 valence electrons. The largest absolute Gasteiger partial charge is 0.457 e. The quantitative estimate of drug-likeness (QED) is 0.658. The minimum absolute atomic E-state index is 0.0275. The van der Waals surface area contributed by atoms with Gasteiger partial charge in [-0.05, 0) is 25.0 Å². The van der Waals surface area contributed by atoms with E-state index in [0.717, 1.165) is 50.3 Å². The number of ether oxygens (including phenoxy) is 3. The smallest absolute Gasteiger partial charge is 0.318 e. The molecule has 2 aromatic rings. The molecule has 1 aliphatic carbocycles. The lowest BCUT2D eigenvalue weighted by molar-refractivity contribution is -0.149. The molecule has 1 saturated carbocycles. The van der Waals surface area contributed by atoms with Gasteiger partial charge in [0.05, 0.1) is 13.2 Å².